The molecule has 21 heavy (non-hydrogen) atoms. The number of hydrogen-bond donors (Lipinski definition) is 2. The van der Waals surface area contributed by atoms with Gasteiger partial charge in [0.25, 0.3) is 5.91 Å². The average Bonchev–Trinajstić information content (AvgIpc) is 2.38. The summed E-state index contributed by atoms with van der Waals surface area (Å²) < 4.78 is 5.57. The summed E-state index contributed by atoms with van der Waals surface area (Å²) in [5.41, 5.74) is 0. The van der Waals surface area contributed by atoms with Crippen LogP contribution < -0.4 is 15.0 Å². The highest BCUT2D eigenvalue weighted by molar-refractivity contribution is 6.35. The standard InChI is InChI=1S/C15H22Cl2N2O2/c1-10(9-19(3)4)8-18-15(20)11(2)21-14-6-5-12(16)7-13(14)17/h5-7,10-11H,8-9H2,1-4H3,(H,18,20)/p+1/t10-,11+/m1/s1. The Morgan fingerprint density at radius 3 is 2.57 bits per heavy atom. The summed E-state index contributed by atoms with van der Waals surface area (Å²) in [6.45, 7) is 5.43. The van der Waals surface area contributed by atoms with E-state index in [0.29, 0.717) is 28.3 Å². The summed E-state index contributed by atoms with van der Waals surface area (Å²) in [6.07, 6.45) is -0.609. The number of benzene rings is 1. The number of carbonyl (C=O) groups is 1. The second kappa shape index (κ2) is 8.47. The van der Waals surface area contributed by atoms with E-state index in [4.69, 9.17) is 27.9 Å². The van der Waals surface area contributed by atoms with Crippen molar-refractivity contribution in [3.63, 3.8) is 0 Å². The number of ether oxygens (including phenoxy) is 1. The third kappa shape index (κ3) is 6.55. The van der Waals surface area contributed by atoms with Crippen LogP contribution in [0.25, 0.3) is 0 Å². The van der Waals surface area contributed by atoms with Crippen LogP contribution in [0.2, 0.25) is 10.0 Å². The number of halogens is 2. The van der Waals surface area contributed by atoms with Crippen molar-refractivity contribution in [3.05, 3.63) is 28.2 Å². The SMILES string of the molecule is C[C@H](CNC(=O)[C@H](C)Oc1ccc(Cl)cc1Cl)C[NH+](C)C. The van der Waals surface area contributed by atoms with Gasteiger partial charge >= 0.3 is 0 Å². The number of rotatable bonds is 7. The van der Waals surface area contributed by atoms with Crippen molar-refractivity contribution < 1.29 is 14.4 Å². The van der Waals surface area contributed by atoms with E-state index in [1.54, 1.807) is 25.1 Å². The van der Waals surface area contributed by atoms with Gasteiger partial charge in [-0.2, -0.15) is 0 Å². The molecule has 2 atom stereocenters. The van der Waals surface area contributed by atoms with Crippen LogP contribution in [0.15, 0.2) is 18.2 Å². The molecular formula is C15H23Cl2N2O2+. The number of hydrogen-bond acceptors (Lipinski definition) is 2. The zero-order chi connectivity index (χ0) is 16.0. The van der Waals surface area contributed by atoms with Crippen LogP contribution in [0.1, 0.15) is 13.8 Å². The summed E-state index contributed by atoms with van der Waals surface area (Å²) in [7, 11) is 4.18. The molecule has 2 N–H and O–H groups in total. The molecule has 0 saturated heterocycles. The Morgan fingerprint density at radius 2 is 2.00 bits per heavy atom. The Bertz CT molecular complexity index is 481. The lowest BCUT2D eigenvalue weighted by atomic mass is 10.1. The van der Waals surface area contributed by atoms with Crippen LogP contribution in [0, 0.1) is 5.92 Å². The van der Waals surface area contributed by atoms with Gasteiger partial charge in [-0.3, -0.25) is 4.79 Å². The average molecular weight is 334 g/mol. The maximum atomic E-state index is 12.0. The molecule has 0 spiro atoms. The van der Waals surface area contributed by atoms with Gasteiger partial charge in [0.05, 0.1) is 25.7 Å². The third-order valence-electron chi connectivity index (χ3n) is 2.95. The normalized spacial score (nSPS) is 13.9. The van der Waals surface area contributed by atoms with Crippen LogP contribution in [0.3, 0.4) is 0 Å². The zero-order valence-electron chi connectivity index (χ0n) is 12.9. The van der Waals surface area contributed by atoms with Gasteiger partial charge in [-0.15, -0.1) is 0 Å². The fraction of sp³-hybridized carbons (Fsp3) is 0.533. The predicted molar refractivity (Wildman–Crippen MR) is 86.4 cm³/mol. The molecule has 4 nitrogen and oxygen atoms in total. The van der Waals surface area contributed by atoms with Crippen molar-refractivity contribution in [2.75, 3.05) is 27.2 Å². The van der Waals surface area contributed by atoms with E-state index < -0.39 is 6.10 Å². The minimum Gasteiger partial charge on any atom is -0.479 e. The molecule has 0 aromatic heterocycles. The number of amides is 1. The molecule has 1 rings (SSSR count). The van der Waals surface area contributed by atoms with E-state index >= 15 is 0 Å². The molecule has 0 bridgehead atoms. The van der Waals surface area contributed by atoms with Crippen molar-refractivity contribution in [2.45, 2.75) is 20.0 Å². The first kappa shape index (κ1) is 18.1. The van der Waals surface area contributed by atoms with Gasteiger partial charge in [0.15, 0.2) is 6.10 Å². The topological polar surface area (TPSA) is 42.8 Å². The van der Waals surface area contributed by atoms with E-state index in [1.165, 1.54) is 4.90 Å². The Labute approximate surface area is 136 Å². The Kier molecular flexibility index (Phi) is 7.29. The molecule has 1 aromatic rings. The van der Waals surface area contributed by atoms with Crippen molar-refractivity contribution in [1.29, 1.82) is 0 Å². The lowest BCUT2D eigenvalue weighted by Gasteiger charge is -2.18. The fourth-order valence-corrected chi connectivity index (χ4v) is 2.46. The minimum atomic E-state index is -0.609. The first-order valence-electron chi connectivity index (χ1n) is 6.98. The summed E-state index contributed by atoms with van der Waals surface area (Å²) in [6, 6.07) is 4.92. The number of quaternary nitrogens is 1. The van der Waals surface area contributed by atoms with Crippen LogP contribution >= 0.6 is 23.2 Å². The van der Waals surface area contributed by atoms with Crippen molar-refractivity contribution in [1.82, 2.24) is 5.32 Å². The smallest absolute Gasteiger partial charge is 0.260 e. The summed E-state index contributed by atoms with van der Waals surface area (Å²) in [4.78, 5) is 13.4. The van der Waals surface area contributed by atoms with E-state index in [0.717, 1.165) is 6.54 Å². The van der Waals surface area contributed by atoms with Gasteiger partial charge in [0.2, 0.25) is 0 Å². The van der Waals surface area contributed by atoms with E-state index in [2.05, 4.69) is 26.3 Å². The minimum absolute atomic E-state index is 0.151. The molecule has 0 aliphatic heterocycles. The van der Waals surface area contributed by atoms with Crippen LogP contribution in [0.5, 0.6) is 5.75 Å². The zero-order valence-corrected chi connectivity index (χ0v) is 14.4. The van der Waals surface area contributed by atoms with E-state index in [1.807, 2.05) is 0 Å². The summed E-state index contributed by atoms with van der Waals surface area (Å²) >= 11 is 11.8. The Hall–Kier alpha value is -0.970. The molecule has 118 valence electrons. The van der Waals surface area contributed by atoms with Crippen molar-refractivity contribution in [3.8, 4) is 5.75 Å². The monoisotopic (exact) mass is 333 g/mol. The van der Waals surface area contributed by atoms with E-state index in [9.17, 15) is 4.79 Å². The van der Waals surface area contributed by atoms with E-state index in [-0.39, 0.29) is 5.91 Å². The van der Waals surface area contributed by atoms with Gasteiger partial charge in [-0.25, -0.2) is 0 Å². The highest BCUT2D eigenvalue weighted by Crippen LogP contribution is 2.28. The number of carbonyl (C=O) groups excluding carboxylic acids is 1. The van der Waals surface area contributed by atoms with Gasteiger partial charge in [-0.1, -0.05) is 30.1 Å². The third-order valence-corrected chi connectivity index (χ3v) is 3.48. The molecule has 0 aliphatic rings. The molecule has 0 unspecified atom stereocenters. The Morgan fingerprint density at radius 1 is 1.33 bits per heavy atom. The van der Waals surface area contributed by atoms with Gasteiger partial charge in [0, 0.05) is 17.5 Å². The first-order valence-corrected chi connectivity index (χ1v) is 7.73. The molecular weight excluding hydrogens is 311 g/mol. The molecule has 0 heterocycles. The molecule has 0 radical (unpaired) electrons. The number of nitrogens with one attached hydrogen (secondary N) is 2. The van der Waals surface area contributed by atoms with Crippen LogP contribution in [-0.2, 0) is 4.79 Å². The van der Waals surface area contributed by atoms with Crippen LogP contribution in [0.4, 0.5) is 0 Å². The highest BCUT2D eigenvalue weighted by atomic mass is 35.5. The molecule has 6 heteroatoms. The maximum absolute atomic E-state index is 12.0. The first-order chi connectivity index (χ1) is 9.79. The van der Waals surface area contributed by atoms with Crippen LogP contribution in [-0.4, -0.2) is 39.2 Å². The molecule has 0 fully saturated rings. The van der Waals surface area contributed by atoms with Gasteiger partial charge in [-0.05, 0) is 25.1 Å². The summed E-state index contributed by atoms with van der Waals surface area (Å²) in [5.74, 6) is 0.710. The quantitative estimate of drug-likeness (QED) is 0.796. The predicted octanol–water partition coefficient (Wildman–Crippen LogP) is 1.66. The van der Waals surface area contributed by atoms with Crippen molar-refractivity contribution in [2.24, 2.45) is 5.92 Å². The second-order valence-corrected chi connectivity index (χ2v) is 6.44. The molecule has 1 aromatic carbocycles. The highest BCUT2D eigenvalue weighted by Gasteiger charge is 2.17. The maximum Gasteiger partial charge on any atom is 0.260 e. The summed E-state index contributed by atoms with van der Waals surface area (Å²) in [5, 5.41) is 3.82. The van der Waals surface area contributed by atoms with Gasteiger partial charge < -0.3 is 15.0 Å². The van der Waals surface area contributed by atoms with Crippen molar-refractivity contribution >= 4 is 29.1 Å². The molecule has 0 aliphatic carbocycles. The lowest BCUT2D eigenvalue weighted by molar-refractivity contribution is -0.861. The second-order valence-electron chi connectivity index (χ2n) is 5.60. The van der Waals surface area contributed by atoms with Gasteiger partial charge in [0.1, 0.15) is 5.75 Å². The largest absolute Gasteiger partial charge is 0.479 e. The Balaban J connectivity index is 2.47. The molecule has 1 amide bonds. The fourth-order valence-electron chi connectivity index (χ4n) is 2.00. The molecule has 0 saturated carbocycles. The lowest BCUT2D eigenvalue weighted by Crippen LogP contribution is -3.06.